The van der Waals surface area contributed by atoms with Gasteiger partial charge in [-0.25, -0.2) is 0 Å². The highest BCUT2D eigenvalue weighted by atomic mass is 16.6. The van der Waals surface area contributed by atoms with Crippen LogP contribution in [0.5, 0.6) is 0 Å². The molecule has 22 heavy (non-hydrogen) atoms. The van der Waals surface area contributed by atoms with Crippen molar-refractivity contribution in [2.45, 2.75) is 52.0 Å². The summed E-state index contributed by atoms with van der Waals surface area (Å²) in [7, 11) is 0. The molecule has 2 aliphatic heterocycles. The molecule has 0 radical (unpaired) electrons. The second-order valence-corrected chi connectivity index (χ2v) is 6.53. The summed E-state index contributed by atoms with van der Waals surface area (Å²) in [5.41, 5.74) is 3.73. The standard InChI is InChI=1S/C15H23N3O4/c1-9(19)17-18-6-5-11-10(8-18)7-12(16-13(11)20)14(21)22-15(2,3)4/h5-6,12-13,16,20H,7-8H2,1-4H3,(H,17,19). The maximum absolute atomic E-state index is 12.2. The maximum Gasteiger partial charge on any atom is 0.324 e. The molecular formula is C15H23N3O4. The summed E-state index contributed by atoms with van der Waals surface area (Å²) in [6, 6.07) is -0.598. The quantitative estimate of drug-likeness (QED) is 0.631. The Labute approximate surface area is 130 Å². The third-order valence-electron chi connectivity index (χ3n) is 3.30. The zero-order valence-corrected chi connectivity index (χ0v) is 13.3. The first kappa shape index (κ1) is 16.5. The minimum absolute atomic E-state index is 0.174. The molecule has 7 heteroatoms. The Bertz CT molecular complexity index is 533. The van der Waals surface area contributed by atoms with Crippen LogP contribution in [0, 0.1) is 0 Å². The van der Waals surface area contributed by atoms with Crippen LogP contribution in [0.2, 0.25) is 0 Å². The van der Waals surface area contributed by atoms with E-state index in [0.29, 0.717) is 13.0 Å². The van der Waals surface area contributed by atoms with E-state index in [1.54, 1.807) is 38.1 Å². The molecule has 0 spiro atoms. The molecule has 0 saturated carbocycles. The van der Waals surface area contributed by atoms with Gasteiger partial charge in [-0.1, -0.05) is 0 Å². The zero-order chi connectivity index (χ0) is 16.5. The maximum atomic E-state index is 12.2. The van der Waals surface area contributed by atoms with Gasteiger partial charge in [0.05, 0.1) is 6.54 Å². The van der Waals surface area contributed by atoms with Crippen LogP contribution in [-0.2, 0) is 14.3 Å². The van der Waals surface area contributed by atoms with E-state index < -0.39 is 23.8 Å². The summed E-state index contributed by atoms with van der Waals surface area (Å²) in [6.45, 7) is 7.27. The number of ether oxygens (including phenoxy) is 1. The summed E-state index contributed by atoms with van der Waals surface area (Å²) in [4.78, 5) is 23.3. The largest absolute Gasteiger partial charge is 0.459 e. The zero-order valence-electron chi connectivity index (χ0n) is 13.3. The van der Waals surface area contributed by atoms with Crippen LogP contribution in [0.4, 0.5) is 0 Å². The number of esters is 1. The second kappa shape index (κ2) is 6.10. The van der Waals surface area contributed by atoms with Gasteiger partial charge < -0.3 is 9.84 Å². The third-order valence-corrected chi connectivity index (χ3v) is 3.30. The lowest BCUT2D eigenvalue weighted by Gasteiger charge is -2.36. The molecule has 0 saturated heterocycles. The number of aliphatic hydroxyl groups is 1. The smallest absolute Gasteiger partial charge is 0.324 e. The lowest BCUT2D eigenvalue weighted by Crippen LogP contribution is -2.52. The van der Waals surface area contributed by atoms with E-state index in [0.717, 1.165) is 11.1 Å². The highest BCUT2D eigenvalue weighted by Gasteiger charge is 2.34. The number of hydrogen-bond acceptors (Lipinski definition) is 6. The van der Waals surface area contributed by atoms with Crippen molar-refractivity contribution in [2.75, 3.05) is 6.54 Å². The van der Waals surface area contributed by atoms with Gasteiger partial charge in [0.15, 0.2) is 0 Å². The summed E-state index contributed by atoms with van der Waals surface area (Å²) in [6.07, 6.45) is 2.94. The molecule has 0 aromatic heterocycles. The van der Waals surface area contributed by atoms with Crippen LogP contribution in [0.15, 0.2) is 23.4 Å². The van der Waals surface area contributed by atoms with Crippen LogP contribution >= 0.6 is 0 Å². The normalized spacial score (nSPS) is 24.9. The Morgan fingerprint density at radius 1 is 1.45 bits per heavy atom. The Morgan fingerprint density at radius 2 is 2.14 bits per heavy atom. The Balaban J connectivity index is 2.08. The summed E-state index contributed by atoms with van der Waals surface area (Å²) < 4.78 is 5.36. The van der Waals surface area contributed by atoms with Crippen LogP contribution < -0.4 is 10.7 Å². The molecule has 1 amide bonds. The van der Waals surface area contributed by atoms with Gasteiger partial charge in [-0.05, 0) is 44.4 Å². The molecule has 0 bridgehead atoms. The Kier molecular flexibility index (Phi) is 4.58. The average molecular weight is 309 g/mol. The minimum Gasteiger partial charge on any atom is -0.459 e. The molecule has 2 heterocycles. The molecule has 2 atom stereocenters. The van der Waals surface area contributed by atoms with E-state index in [1.165, 1.54) is 6.92 Å². The first-order chi connectivity index (χ1) is 10.2. The number of nitrogens with zero attached hydrogens (tertiary/aromatic N) is 1. The van der Waals surface area contributed by atoms with Crippen LogP contribution in [0.3, 0.4) is 0 Å². The van der Waals surface area contributed by atoms with Crippen LogP contribution in [0.25, 0.3) is 0 Å². The van der Waals surface area contributed by atoms with Crippen molar-refractivity contribution in [2.24, 2.45) is 0 Å². The lowest BCUT2D eigenvalue weighted by molar-refractivity contribution is -0.158. The first-order valence-corrected chi connectivity index (χ1v) is 7.26. The molecular weight excluding hydrogens is 286 g/mol. The fourth-order valence-corrected chi connectivity index (χ4v) is 2.49. The van der Waals surface area contributed by atoms with Crippen LogP contribution in [0.1, 0.15) is 34.1 Å². The van der Waals surface area contributed by atoms with Crippen LogP contribution in [-0.4, -0.2) is 46.4 Å². The Morgan fingerprint density at radius 3 is 2.73 bits per heavy atom. The van der Waals surface area contributed by atoms with Crippen molar-refractivity contribution in [1.29, 1.82) is 0 Å². The van der Waals surface area contributed by atoms with Gasteiger partial charge in [-0.2, -0.15) is 0 Å². The van der Waals surface area contributed by atoms with Gasteiger partial charge >= 0.3 is 5.97 Å². The minimum atomic E-state index is -0.919. The molecule has 0 fully saturated rings. The number of rotatable bonds is 2. The van der Waals surface area contributed by atoms with E-state index >= 15 is 0 Å². The van der Waals surface area contributed by atoms with Crippen molar-refractivity contribution in [3.8, 4) is 0 Å². The van der Waals surface area contributed by atoms with E-state index in [1.807, 2.05) is 0 Å². The molecule has 0 aromatic rings. The SMILES string of the molecule is CC(=O)NN1C=CC2=C(CC(C(=O)OC(C)(C)C)NC2O)C1. The van der Waals surface area contributed by atoms with Crippen molar-refractivity contribution >= 4 is 11.9 Å². The fraction of sp³-hybridized carbons (Fsp3) is 0.600. The van der Waals surface area contributed by atoms with E-state index in [9.17, 15) is 14.7 Å². The summed E-state index contributed by atoms with van der Waals surface area (Å²) >= 11 is 0. The number of aliphatic hydroxyl groups excluding tert-OH is 1. The molecule has 7 nitrogen and oxygen atoms in total. The highest BCUT2D eigenvalue weighted by Crippen LogP contribution is 2.26. The molecule has 2 rings (SSSR count). The Hall–Kier alpha value is -1.86. The molecule has 3 N–H and O–H groups in total. The van der Waals surface area contributed by atoms with Gasteiger partial charge in [0.2, 0.25) is 5.91 Å². The number of nitrogens with one attached hydrogen (secondary N) is 2. The van der Waals surface area contributed by atoms with Crippen molar-refractivity contribution in [1.82, 2.24) is 15.8 Å². The highest BCUT2D eigenvalue weighted by molar-refractivity contribution is 5.77. The lowest BCUT2D eigenvalue weighted by atomic mass is 9.92. The van der Waals surface area contributed by atoms with Crippen molar-refractivity contribution in [3.63, 3.8) is 0 Å². The molecule has 2 aliphatic rings. The predicted octanol–water partition coefficient (Wildman–Crippen LogP) is 0.185. The number of carbonyl (C=O) groups excluding carboxylic acids is 2. The van der Waals surface area contributed by atoms with Gasteiger partial charge in [-0.15, -0.1) is 0 Å². The molecule has 0 aromatic carbocycles. The first-order valence-electron chi connectivity index (χ1n) is 7.26. The number of hydrazine groups is 1. The van der Waals surface area contributed by atoms with Gasteiger partial charge in [0, 0.05) is 13.1 Å². The number of hydrogen-bond donors (Lipinski definition) is 3. The fourth-order valence-electron chi connectivity index (χ4n) is 2.49. The number of amides is 1. The summed E-state index contributed by atoms with van der Waals surface area (Å²) in [5, 5.41) is 14.6. The molecule has 0 aliphatic carbocycles. The predicted molar refractivity (Wildman–Crippen MR) is 80.1 cm³/mol. The van der Waals surface area contributed by atoms with Crippen molar-refractivity contribution < 1.29 is 19.4 Å². The van der Waals surface area contributed by atoms with E-state index in [-0.39, 0.29) is 5.91 Å². The third kappa shape index (κ3) is 4.08. The van der Waals surface area contributed by atoms with Gasteiger partial charge in [0.25, 0.3) is 0 Å². The average Bonchev–Trinajstić information content (AvgIpc) is 2.35. The second-order valence-electron chi connectivity index (χ2n) is 6.53. The van der Waals surface area contributed by atoms with E-state index in [4.69, 9.17) is 4.74 Å². The topological polar surface area (TPSA) is 90.9 Å². The van der Waals surface area contributed by atoms with Crippen molar-refractivity contribution in [3.05, 3.63) is 23.4 Å². The number of carbonyl (C=O) groups is 2. The van der Waals surface area contributed by atoms with Gasteiger partial charge in [-0.3, -0.25) is 25.3 Å². The monoisotopic (exact) mass is 309 g/mol. The molecule has 2 unspecified atom stereocenters. The molecule has 122 valence electrons. The summed E-state index contributed by atoms with van der Waals surface area (Å²) in [5.74, 6) is -0.564. The van der Waals surface area contributed by atoms with Gasteiger partial charge in [0.1, 0.15) is 17.9 Å². The van der Waals surface area contributed by atoms with E-state index in [2.05, 4.69) is 10.7 Å².